The Morgan fingerprint density at radius 3 is 3.31 bits per heavy atom. The molecular weight excluding hydrogens is 172 g/mol. The SMILES string of the molecule is O=C(O)COC1=CCC2CC[C@@H]1O2. The molecule has 4 nitrogen and oxygen atoms in total. The van der Waals surface area contributed by atoms with Gasteiger partial charge in [0.15, 0.2) is 6.61 Å². The summed E-state index contributed by atoms with van der Waals surface area (Å²) in [7, 11) is 0. The van der Waals surface area contributed by atoms with Gasteiger partial charge in [0.05, 0.1) is 6.10 Å². The normalized spacial score (nSPS) is 31.2. The third kappa shape index (κ3) is 1.83. The van der Waals surface area contributed by atoms with E-state index in [2.05, 4.69) is 0 Å². The molecule has 2 aliphatic rings. The molecule has 0 radical (unpaired) electrons. The van der Waals surface area contributed by atoms with Crippen LogP contribution >= 0.6 is 0 Å². The van der Waals surface area contributed by atoms with Crippen LogP contribution in [0, 0.1) is 0 Å². The monoisotopic (exact) mass is 184 g/mol. The molecule has 0 saturated carbocycles. The van der Waals surface area contributed by atoms with E-state index in [4.69, 9.17) is 14.6 Å². The zero-order valence-electron chi connectivity index (χ0n) is 7.23. The molecule has 2 aliphatic heterocycles. The number of carbonyl (C=O) groups is 1. The summed E-state index contributed by atoms with van der Waals surface area (Å²) in [5.74, 6) is -0.239. The van der Waals surface area contributed by atoms with Crippen molar-refractivity contribution in [1.29, 1.82) is 0 Å². The number of carboxylic acids is 1. The molecule has 0 aliphatic carbocycles. The molecule has 0 amide bonds. The lowest BCUT2D eigenvalue weighted by Gasteiger charge is -2.21. The first-order valence-corrected chi connectivity index (χ1v) is 4.46. The second-order valence-corrected chi connectivity index (χ2v) is 3.35. The minimum atomic E-state index is -0.943. The standard InChI is InChI=1S/C9H12O4/c10-9(11)5-12-7-3-1-6-2-4-8(7)13-6/h3,6,8H,1-2,4-5H2,(H,10,11)/t6?,8-/m0/s1. The Balaban J connectivity index is 1.92. The summed E-state index contributed by atoms with van der Waals surface area (Å²) in [6.07, 6.45) is 5.16. The third-order valence-electron chi connectivity index (χ3n) is 2.37. The first-order valence-electron chi connectivity index (χ1n) is 4.46. The van der Waals surface area contributed by atoms with Crippen LogP contribution in [0.3, 0.4) is 0 Å². The third-order valence-corrected chi connectivity index (χ3v) is 2.37. The molecule has 1 saturated heterocycles. The Morgan fingerprint density at radius 1 is 1.69 bits per heavy atom. The fraction of sp³-hybridized carbons (Fsp3) is 0.667. The minimum absolute atomic E-state index is 0.0121. The summed E-state index contributed by atoms with van der Waals surface area (Å²) in [5.41, 5.74) is 0. The molecule has 1 N–H and O–H groups in total. The molecule has 2 heterocycles. The van der Waals surface area contributed by atoms with Crippen LogP contribution < -0.4 is 0 Å². The van der Waals surface area contributed by atoms with Crippen molar-refractivity contribution in [3.63, 3.8) is 0 Å². The highest BCUT2D eigenvalue weighted by Gasteiger charge is 2.32. The molecule has 0 spiro atoms. The van der Waals surface area contributed by atoms with E-state index in [9.17, 15) is 4.79 Å². The van der Waals surface area contributed by atoms with Crippen molar-refractivity contribution in [2.75, 3.05) is 6.61 Å². The largest absolute Gasteiger partial charge is 0.484 e. The molecule has 2 bridgehead atoms. The van der Waals surface area contributed by atoms with E-state index in [0.717, 1.165) is 19.3 Å². The first-order chi connectivity index (χ1) is 6.25. The van der Waals surface area contributed by atoms with Gasteiger partial charge in [0.25, 0.3) is 0 Å². The Morgan fingerprint density at radius 2 is 2.54 bits per heavy atom. The zero-order chi connectivity index (χ0) is 9.26. The van der Waals surface area contributed by atoms with Crippen LogP contribution in [-0.2, 0) is 14.3 Å². The van der Waals surface area contributed by atoms with E-state index in [1.807, 2.05) is 6.08 Å². The van der Waals surface area contributed by atoms with Gasteiger partial charge in [0.1, 0.15) is 11.9 Å². The van der Waals surface area contributed by atoms with Crippen molar-refractivity contribution in [2.45, 2.75) is 31.5 Å². The molecule has 0 aromatic rings. The maximum atomic E-state index is 10.3. The molecule has 13 heavy (non-hydrogen) atoms. The van der Waals surface area contributed by atoms with Gasteiger partial charge in [-0.2, -0.15) is 0 Å². The van der Waals surface area contributed by atoms with E-state index in [1.165, 1.54) is 0 Å². The maximum Gasteiger partial charge on any atom is 0.341 e. The lowest BCUT2D eigenvalue weighted by molar-refractivity contribution is -0.141. The highest BCUT2D eigenvalue weighted by Crippen LogP contribution is 2.32. The van der Waals surface area contributed by atoms with Gasteiger partial charge in [-0.05, 0) is 25.3 Å². The van der Waals surface area contributed by atoms with Crippen molar-refractivity contribution in [3.05, 3.63) is 11.8 Å². The predicted octanol–water partition coefficient (Wildman–Crippen LogP) is 0.923. The summed E-state index contributed by atoms with van der Waals surface area (Å²) in [6, 6.07) is 0. The van der Waals surface area contributed by atoms with Crippen LogP contribution in [0.2, 0.25) is 0 Å². The van der Waals surface area contributed by atoms with Crippen LogP contribution in [0.5, 0.6) is 0 Å². The number of hydrogen-bond donors (Lipinski definition) is 1. The van der Waals surface area contributed by atoms with Gasteiger partial charge in [-0.3, -0.25) is 0 Å². The van der Waals surface area contributed by atoms with Crippen molar-refractivity contribution in [1.82, 2.24) is 0 Å². The van der Waals surface area contributed by atoms with E-state index < -0.39 is 5.97 Å². The second-order valence-electron chi connectivity index (χ2n) is 3.35. The molecule has 72 valence electrons. The van der Waals surface area contributed by atoms with Crippen LogP contribution in [-0.4, -0.2) is 29.9 Å². The molecule has 2 atom stereocenters. The highest BCUT2D eigenvalue weighted by atomic mass is 16.6. The maximum absolute atomic E-state index is 10.3. The van der Waals surface area contributed by atoms with Crippen LogP contribution in [0.4, 0.5) is 0 Å². The number of ether oxygens (including phenoxy) is 2. The molecule has 1 unspecified atom stereocenters. The summed E-state index contributed by atoms with van der Waals surface area (Å²) in [4.78, 5) is 10.3. The van der Waals surface area contributed by atoms with Crippen molar-refractivity contribution >= 4 is 5.97 Å². The van der Waals surface area contributed by atoms with E-state index in [1.54, 1.807) is 0 Å². The quantitative estimate of drug-likeness (QED) is 0.708. The number of hydrogen-bond acceptors (Lipinski definition) is 3. The first kappa shape index (κ1) is 8.56. The topological polar surface area (TPSA) is 55.8 Å². The van der Waals surface area contributed by atoms with E-state index in [0.29, 0.717) is 11.9 Å². The van der Waals surface area contributed by atoms with Gasteiger partial charge < -0.3 is 14.6 Å². The number of fused-ring (bicyclic) bond motifs is 2. The summed E-state index contributed by atoms with van der Waals surface area (Å²) in [6.45, 7) is -0.268. The summed E-state index contributed by atoms with van der Waals surface area (Å²) < 4.78 is 10.7. The van der Waals surface area contributed by atoms with Crippen molar-refractivity contribution in [3.8, 4) is 0 Å². The van der Waals surface area contributed by atoms with Gasteiger partial charge in [0, 0.05) is 0 Å². The Labute approximate surface area is 76.1 Å². The highest BCUT2D eigenvalue weighted by molar-refractivity contribution is 5.68. The van der Waals surface area contributed by atoms with Gasteiger partial charge in [-0.1, -0.05) is 0 Å². The predicted molar refractivity (Wildman–Crippen MR) is 44.2 cm³/mol. The zero-order valence-corrected chi connectivity index (χ0v) is 7.23. The molecule has 1 fully saturated rings. The lowest BCUT2D eigenvalue weighted by atomic mass is 10.2. The summed E-state index contributed by atoms with van der Waals surface area (Å²) in [5, 5.41) is 8.42. The summed E-state index contributed by atoms with van der Waals surface area (Å²) >= 11 is 0. The van der Waals surface area contributed by atoms with E-state index in [-0.39, 0.29) is 12.7 Å². The number of carboxylic acid groups (broad SMARTS) is 1. The van der Waals surface area contributed by atoms with Gasteiger partial charge in [-0.15, -0.1) is 0 Å². The fourth-order valence-corrected chi connectivity index (χ4v) is 1.76. The van der Waals surface area contributed by atoms with Crippen LogP contribution in [0.25, 0.3) is 0 Å². The molecule has 0 aromatic carbocycles. The lowest BCUT2D eigenvalue weighted by Crippen LogP contribution is -2.21. The van der Waals surface area contributed by atoms with Crippen LogP contribution in [0.15, 0.2) is 11.8 Å². The van der Waals surface area contributed by atoms with E-state index >= 15 is 0 Å². The number of aliphatic carboxylic acids is 1. The Bertz CT molecular complexity index is 246. The molecule has 0 aromatic heterocycles. The molecular formula is C9H12O4. The minimum Gasteiger partial charge on any atom is -0.484 e. The molecule has 2 rings (SSSR count). The van der Waals surface area contributed by atoms with Gasteiger partial charge in [-0.25, -0.2) is 4.79 Å². The Kier molecular flexibility index (Phi) is 2.22. The fourth-order valence-electron chi connectivity index (χ4n) is 1.76. The van der Waals surface area contributed by atoms with Gasteiger partial charge >= 0.3 is 5.97 Å². The average molecular weight is 184 g/mol. The smallest absolute Gasteiger partial charge is 0.341 e. The van der Waals surface area contributed by atoms with Gasteiger partial charge in [0.2, 0.25) is 0 Å². The molecule has 4 heteroatoms. The average Bonchev–Trinajstić information content (AvgIpc) is 2.47. The Hall–Kier alpha value is -1.03. The van der Waals surface area contributed by atoms with Crippen LogP contribution in [0.1, 0.15) is 19.3 Å². The number of rotatable bonds is 3. The van der Waals surface area contributed by atoms with Crippen molar-refractivity contribution < 1.29 is 19.4 Å². The second kappa shape index (κ2) is 3.38. The van der Waals surface area contributed by atoms with Crippen molar-refractivity contribution in [2.24, 2.45) is 0 Å².